The van der Waals surface area contributed by atoms with Crippen molar-refractivity contribution in [2.75, 3.05) is 5.32 Å². The van der Waals surface area contributed by atoms with Crippen molar-refractivity contribution in [2.45, 2.75) is 20.3 Å². The lowest BCUT2D eigenvalue weighted by Crippen LogP contribution is -2.13. The molecule has 2 aromatic carbocycles. The summed E-state index contributed by atoms with van der Waals surface area (Å²) in [5.74, 6) is -0.481. The number of carbonyl (C=O) groups is 1. The van der Waals surface area contributed by atoms with Gasteiger partial charge >= 0.3 is 0 Å². The van der Waals surface area contributed by atoms with Crippen LogP contribution in [0.2, 0.25) is 0 Å². The highest BCUT2D eigenvalue weighted by Gasteiger charge is 2.13. The highest BCUT2D eigenvalue weighted by Crippen LogP contribution is 2.24. The SMILES string of the molecule is CCc1nnc(NC(=O)/C(C#N)=C/c2ccc(C)c3ccccc23)s1. The van der Waals surface area contributed by atoms with Gasteiger partial charge in [0.2, 0.25) is 5.13 Å². The maximum absolute atomic E-state index is 12.4. The highest BCUT2D eigenvalue weighted by molar-refractivity contribution is 7.15. The molecule has 0 aliphatic carbocycles. The Labute approximate surface area is 149 Å². The zero-order valence-electron chi connectivity index (χ0n) is 13.9. The fraction of sp³-hybridized carbons (Fsp3) is 0.158. The van der Waals surface area contributed by atoms with Crippen LogP contribution < -0.4 is 5.32 Å². The number of benzene rings is 2. The second-order valence-electron chi connectivity index (χ2n) is 5.50. The Morgan fingerprint density at radius 3 is 2.68 bits per heavy atom. The van der Waals surface area contributed by atoms with Crippen LogP contribution in [0.3, 0.4) is 0 Å². The summed E-state index contributed by atoms with van der Waals surface area (Å²) in [6.45, 7) is 4.00. The molecular formula is C19H16N4OS. The Morgan fingerprint density at radius 2 is 2.00 bits per heavy atom. The van der Waals surface area contributed by atoms with Crippen LogP contribution in [0.1, 0.15) is 23.1 Å². The maximum Gasteiger partial charge on any atom is 0.268 e. The first-order valence-corrected chi connectivity index (χ1v) is 8.68. The number of nitriles is 1. The Balaban J connectivity index is 1.94. The first-order chi connectivity index (χ1) is 12.1. The van der Waals surface area contributed by atoms with Crippen LogP contribution >= 0.6 is 11.3 Å². The average Bonchev–Trinajstić information content (AvgIpc) is 3.09. The van der Waals surface area contributed by atoms with Crippen molar-refractivity contribution >= 4 is 39.2 Å². The Kier molecular flexibility index (Phi) is 4.87. The van der Waals surface area contributed by atoms with Gasteiger partial charge in [-0.2, -0.15) is 5.26 Å². The second kappa shape index (κ2) is 7.24. The standard InChI is InChI=1S/C19H16N4OS/c1-3-17-22-23-19(25-17)21-18(24)14(11-20)10-13-9-8-12(2)15-6-4-5-7-16(13)15/h4-10H,3H2,1-2H3,(H,21,23,24)/b14-10+. The maximum atomic E-state index is 12.4. The molecule has 0 atom stereocenters. The molecule has 0 fully saturated rings. The number of fused-ring (bicyclic) bond motifs is 1. The number of aromatic nitrogens is 2. The van der Waals surface area contributed by atoms with Gasteiger partial charge in [-0.1, -0.05) is 54.7 Å². The lowest BCUT2D eigenvalue weighted by Gasteiger charge is -2.06. The van der Waals surface area contributed by atoms with Gasteiger partial charge in [0.15, 0.2) is 0 Å². The molecule has 0 aliphatic rings. The minimum atomic E-state index is -0.481. The number of aryl methyl sites for hydroxylation is 2. The van der Waals surface area contributed by atoms with E-state index < -0.39 is 5.91 Å². The Bertz CT molecular complexity index is 1010. The summed E-state index contributed by atoms with van der Waals surface area (Å²) in [4.78, 5) is 12.4. The molecular weight excluding hydrogens is 332 g/mol. The van der Waals surface area contributed by atoms with E-state index in [2.05, 4.69) is 15.5 Å². The topological polar surface area (TPSA) is 78.7 Å². The fourth-order valence-corrected chi connectivity index (χ4v) is 3.19. The summed E-state index contributed by atoms with van der Waals surface area (Å²) in [6.07, 6.45) is 2.36. The molecule has 3 aromatic rings. The smallest absolute Gasteiger partial charge is 0.268 e. The van der Waals surface area contributed by atoms with E-state index in [9.17, 15) is 10.1 Å². The molecule has 0 aliphatic heterocycles. The Morgan fingerprint density at radius 1 is 1.24 bits per heavy atom. The molecule has 6 heteroatoms. The molecule has 25 heavy (non-hydrogen) atoms. The van der Waals surface area contributed by atoms with E-state index in [4.69, 9.17) is 0 Å². The summed E-state index contributed by atoms with van der Waals surface area (Å²) in [6, 6.07) is 13.8. The molecule has 0 spiro atoms. The second-order valence-corrected chi connectivity index (χ2v) is 6.56. The fourth-order valence-electron chi connectivity index (χ4n) is 2.51. The van der Waals surface area contributed by atoms with Gasteiger partial charge in [0, 0.05) is 0 Å². The number of anilines is 1. The highest BCUT2D eigenvalue weighted by atomic mass is 32.1. The van der Waals surface area contributed by atoms with Gasteiger partial charge in [0.1, 0.15) is 16.6 Å². The van der Waals surface area contributed by atoms with Crippen molar-refractivity contribution in [3.05, 3.63) is 58.1 Å². The number of rotatable bonds is 4. The summed E-state index contributed by atoms with van der Waals surface area (Å²) in [5, 5.41) is 23.3. The summed E-state index contributed by atoms with van der Waals surface area (Å²) in [5.41, 5.74) is 2.01. The molecule has 1 aromatic heterocycles. The Hall–Kier alpha value is -3.04. The van der Waals surface area contributed by atoms with E-state index in [0.29, 0.717) is 5.13 Å². The van der Waals surface area contributed by atoms with Crippen molar-refractivity contribution in [3.8, 4) is 6.07 Å². The van der Waals surface area contributed by atoms with Gasteiger partial charge in [0.25, 0.3) is 5.91 Å². The van der Waals surface area contributed by atoms with Gasteiger partial charge in [-0.15, -0.1) is 10.2 Å². The predicted molar refractivity (Wildman–Crippen MR) is 100 cm³/mol. The quantitative estimate of drug-likeness (QED) is 0.568. The van der Waals surface area contributed by atoms with Crippen molar-refractivity contribution in [1.82, 2.24) is 10.2 Å². The van der Waals surface area contributed by atoms with Gasteiger partial charge in [0.05, 0.1) is 0 Å². The van der Waals surface area contributed by atoms with Gasteiger partial charge in [-0.25, -0.2) is 0 Å². The van der Waals surface area contributed by atoms with E-state index >= 15 is 0 Å². The molecule has 0 saturated heterocycles. The molecule has 1 N–H and O–H groups in total. The minimum absolute atomic E-state index is 0.0299. The lowest BCUT2D eigenvalue weighted by atomic mass is 9.99. The van der Waals surface area contributed by atoms with Gasteiger partial charge in [-0.05, 0) is 41.3 Å². The van der Waals surface area contributed by atoms with Gasteiger partial charge in [-0.3, -0.25) is 10.1 Å². The third kappa shape index (κ3) is 3.57. The number of carbonyl (C=O) groups excluding carboxylic acids is 1. The number of hydrogen-bond acceptors (Lipinski definition) is 5. The van der Waals surface area contributed by atoms with Crippen molar-refractivity contribution < 1.29 is 4.79 Å². The van der Waals surface area contributed by atoms with E-state index in [0.717, 1.165) is 33.3 Å². The van der Waals surface area contributed by atoms with Crippen molar-refractivity contribution in [1.29, 1.82) is 5.26 Å². The number of hydrogen-bond donors (Lipinski definition) is 1. The van der Waals surface area contributed by atoms with Crippen LogP contribution in [0.25, 0.3) is 16.8 Å². The van der Waals surface area contributed by atoms with Crippen LogP contribution in [0.15, 0.2) is 42.0 Å². The monoisotopic (exact) mass is 348 g/mol. The van der Waals surface area contributed by atoms with E-state index in [1.54, 1.807) is 6.08 Å². The van der Waals surface area contributed by atoms with Crippen LogP contribution in [0.4, 0.5) is 5.13 Å². The zero-order chi connectivity index (χ0) is 17.8. The molecule has 0 unspecified atom stereocenters. The number of nitrogens with zero attached hydrogens (tertiary/aromatic N) is 3. The molecule has 1 amide bonds. The first kappa shape index (κ1) is 16.8. The van der Waals surface area contributed by atoms with Crippen molar-refractivity contribution in [2.24, 2.45) is 0 Å². The van der Waals surface area contributed by atoms with E-state index in [-0.39, 0.29) is 5.57 Å². The number of nitrogens with one attached hydrogen (secondary N) is 1. The third-order valence-electron chi connectivity index (χ3n) is 3.83. The summed E-state index contributed by atoms with van der Waals surface area (Å²) in [7, 11) is 0. The minimum Gasteiger partial charge on any atom is -0.296 e. The molecule has 124 valence electrons. The van der Waals surface area contributed by atoms with Crippen LogP contribution in [-0.2, 0) is 11.2 Å². The molecule has 0 radical (unpaired) electrons. The van der Waals surface area contributed by atoms with Crippen LogP contribution in [0, 0.1) is 18.3 Å². The van der Waals surface area contributed by atoms with Gasteiger partial charge < -0.3 is 0 Å². The molecule has 5 nitrogen and oxygen atoms in total. The van der Waals surface area contributed by atoms with Crippen LogP contribution in [-0.4, -0.2) is 16.1 Å². The normalized spacial score (nSPS) is 11.3. The first-order valence-electron chi connectivity index (χ1n) is 7.86. The van der Waals surface area contributed by atoms with E-state index in [1.807, 2.05) is 56.3 Å². The zero-order valence-corrected chi connectivity index (χ0v) is 14.7. The largest absolute Gasteiger partial charge is 0.296 e. The molecule has 0 saturated carbocycles. The summed E-state index contributed by atoms with van der Waals surface area (Å²) >= 11 is 1.31. The number of amides is 1. The molecule has 1 heterocycles. The van der Waals surface area contributed by atoms with E-state index in [1.165, 1.54) is 11.3 Å². The molecule has 3 rings (SSSR count). The van der Waals surface area contributed by atoms with Crippen LogP contribution in [0.5, 0.6) is 0 Å². The molecule has 0 bridgehead atoms. The summed E-state index contributed by atoms with van der Waals surface area (Å²) < 4.78 is 0. The predicted octanol–water partition coefficient (Wildman–Crippen LogP) is 4.11. The third-order valence-corrected chi connectivity index (χ3v) is 4.81. The lowest BCUT2D eigenvalue weighted by molar-refractivity contribution is -0.112. The van der Waals surface area contributed by atoms with Crippen molar-refractivity contribution in [3.63, 3.8) is 0 Å². The average molecular weight is 348 g/mol.